The number of nitrogens with two attached hydrogens (primary N) is 1. The lowest BCUT2D eigenvalue weighted by Crippen LogP contribution is -2.22. The molecule has 6 nitrogen and oxygen atoms in total. The number of thiol groups is 1. The molecule has 16 heteroatoms. The molecule has 2 aromatic rings. The van der Waals surface area contributed by atoms with Crippen LogP contribution in [0, 0.1) is 0 Å². The second-order valence-corrected chi connectivity index (χ2v) is 7.36. The molecule has 0 aliphatic heterocycles. The van der Waals surface area contributed by atoms with Crippen LogP contribution in [0.3, 0.4) is 0 Å². The molecule has 1 atom stereocenters. The van der Waals surface area contributed by atoms with Crippen LogP contribution in [0.4, 0.5) is 32.2 Å². The molecule has 3 N–H and O–H groups in total. The van der Waals surface area contributed by atoms with E-state index in [1.165, 1.54) is 0 Å². The van der Waals surface area contributed by atoms with Crippen LogP contribution < -0.4 is 10.5 Å². The summed E-state index contributed by atoms with van der Waals surface area (Å²) in [6, 6.07) is 0.866. The number of nitrogens with one attached hydrogen (secondary N) is 1. The van der Waals surface area contributed by atoms with Crippen molar-refractivity contribution >= 4 is 58.5 Å². The van der Waals surface area contributed by atoms with Gasteiger partial charge in [0.1, 0.15) is 16.4 Å². The minimum Gasteiger partial charge on any atom is -0.383 e. The first-order chi connectivity index (χ1) is 12.7. The van der Waals surface area contributed by atoms with Crippen LogP contribution in [0.25, 0.3) is 5.69 Å². The van der Waals surface area contributed by atoms with Gasteiger partial charge in [0.15, 0.2) is 16.5 Å². The van der Waals surface area contributed by atoms with Gasteiger partial charge in [-0.25, -0.2) is 8.89 Å². The lowest BCUT2D eigenvalue weighted by atomic mass is 10.2. The number of carbonyl (C=O) groups excluding carboxylic acids is 1. The Morgan fingerprint density at radius 3 is 2.07 bits per heavy atom. The quantitative estimate of drug-likeness (QED) is 0.452. The van der Waals surface area contributed by atoms with Crippen LogP contribution in [0.5, 0.6) is 0 Å². The van der Waals surface area contributed by atoms with Crippen molar-refractivity contribution in [1.29, 1.82) is 0 Å². The third-order valence-electron chi connectivity index (χ3n) is 3.14. The number of hydrogen-bond donors (Lipinski definition) is 3. The molecular weight excluding hydrogens is 481 g/mol. The van der Waals surface area contributed by atoms with E-state index in [2.05, 4.69) is 17.9 Å². The summed E-state index contributed by atoms with van der Waals surface area (Å²) in [4.78, 5) is 10.6. The molecule has 0 saturated heterocycles. The minimum absolute atomic E-state index is 0.391. The first-order valence-electron chi connectivity index (χ1n) is 6.58. The van der Waals surface area contributed by atoms with Crippen molar-refractivity contribution in [3.63, 3.8) is 0 Å². The topological polar surface area (TPSA) is 90.0 Å². The number of rotatable bonds is 3. The molecule has 0 radical (unpaired) electrons. The van der Waals surface area contributed by atoms with Crippen molar-refractivity contribution in [1.82, 2.24) is 14.5 Å². The predicted molar refractivity (Wildman–Crippen MR) is 91.9 cm³/mol. The zero-order valence-electron chi connectivity index (χ0n) is 12.8. The number of halogens is 8. The second-order valence-electron chi connectivity index (χ2n) is 4.92. The molecule has 0 aliphatic rings. The zero-order chi connectivity index (χ0) is 21.6. The maximum Gasteiger partial charge on any atom is 0.476 e. The number of amides is 1. The minimum atomic E-state index is -5.32. The molecule has 1 aromatic heterocycles. The highest BCUT2D eigenvalue weighted by molar-refractivity contribution is 7.86. The van der Waals surface area contributed by atoms with Crippen molar-refractivity contribution in [3.8, 4) is 5.69 Å². The Hall–Kier alpha value is -1.64. The monoisotopic (exact) mass is 486 g/mol. The summed E-state index contributed by atoms with van der Waals surface area (Å²) < 4.78 is 91.0. The van der Waals surface area contributed by atoms with Crippen LogP contribution in [-0.2, 0) is 17.0 Å². The number of nitrogen functional groups attached to an aromatic ring is 1. The molecule has 28 heavy (non-hydrogen) atoms. The van der Waals surface area contributed by atoms with Crippen LogP contribution in [0.15, 0.2) is 17.0 Å². The molecule has 1 heterocycles. The summed E-state index contributed by atoms with van der Waals surface area (Å²) in [5.41, 5.74) is -2.59. The Kier molecular flexibility index (Phi) is 6.19. The van der Waals surface area contributed by atoms with Gasteiger partial charge in [-0.1, -0.05) is 36.0 Å². The average Bonchev–Trinajstić information content (AvgIpc) is 2.88. The van der Waals surface area contributed by atoms with Crippen LogP contribution in [0.2, 0.25) is 10.0 Å². The SMILES string of the molecule is Nc1c(S(=O)C(F)(F)F)c(C(=O)NS)nn1-c1c(Cl)cc(C(F)(F)F)cc1Cl. The highest BCUT2D eigenvalue weighted by Crippen LogP contribution is 2.40. The molecule has 1 unspecified atom stereocenters. The van der Waals surface area contributed by atoms with Crippen molar-refractivity contribution in [2.75, 3.05) is 5.73 Å². The van der Waals surface area contributed by atoms with Gasteiger partial charge in [0.2, 0.25) is 0 Å². The largest absolute Gasteiger partial charge is 0.476 e. The van der Waals surface area contributed by atoms with Gasteiger partial charge < -0.3 is 5.73 Å². The van der Waals surface area contributed by atoms with Crippen LogP contribution >= 0.6 is 36.0 Å². The average molecular weight is 487 g/mol. The molecule has 0 bridgehead atoms. The normalized spacial score (nSPS) is 13.5. The van der Waals surface area contributed by atoms with Gasteiger partial charge in [0.25, 0.3) is 5.91 Å². The highest BCUT2D eigenvalue weighted by atomic mass is 35.5. The smallest absolute Gasteiger partial charge is 0.383 e. The van der Waals surface area contributed by atoms with Gasteiger partial charge in [-0.05, 0) is 12.1 Å². The Bertz CT molecular complexity index is 953. The zero-order valence-corrected chi connectivity index (χ0v) is 16.0. The standard InChI is InChI=1S/C12H6Cl2F6N4O2S2/c13-4-1-3(11(15,16)17)2-5(14)7(4)24-9(21)8(28(26)12(18,19)20)6(22-24)10(25)23-27/h1-2,27H,21H2,(H,23,25). The summed E-state index contributed by atoms with van der Waals surface area (Å²) in [5, 5.41) is 2.12. The lowest BCUT2D eigenvalue weighted by molar-refractivity contribution is -0.137. The van der Waals surface area contributed by atoms with Crippen LogP contribution in [0.1, 0.15) is 16.1 Å². The predicted octanol–water partition coefficient (Wildman–Crippen LogP) is 3.98. The van der Waals surface area contributed by atoms with E-state index >= 15 is 0 Å². The van der Waals surface area contributed by atoms with E-state index in [1.54, 1.807) is 4.72 Å². The Labute approximate surface area is 170 Å². The van der Waals surface area contributed by atoms with E-state index in [0.29, 0.717) is 16.8 Å². The summed E-state index contributed by atoms with van der Waals surface area (Å²) >= 11 is 14.9. The summed E-state index contributed by atoms with van der Waals surface area (Å²) in [5.74, 6) is -2.27. The first kappa shape index (κ1) is 22.6. The highest BCUT2D eigenvalue weighted by Gasteiger charge is 2.43. The molecular formula is C12H6Cl2F6N4O2S2. The Morgan fingerprint density at radius 1 is 1.18 bits per heavy atom. The number of aromatic nitrogens is 2. The third-order valence-corrected chi connectivity index (χ3v) is 5.12. The van der Waals surface area contributed by atoms with E-state index in [1.807, 2.05) is 0 Å². The summed E-state index contributed by atoms with van der Waals surface area (Å²) in [7, 11) is -3.80. The molecule has 0 fully saturated rings. The van der Waals surface area contributed by atoms with Crippen molar-refractivity contribution in [3.05, 3.63) is 33.4 Å². The van der Waals surface area contributed by atoms with Crippen molar-refractivity contribution in [2.24, 2.45) is 0 Å². The van der Waals surface area contributed by atoms with Gasteiger partial charge >= 0.3 is 11.7 Å². The maximum atomic E-state index is 12.9. The van der Waals surface area contributed by atoms with E-state index in [9.17, 15) is 35.3 Å². The number of benzene rings is 1. The van der Waals surface area contributed by atoms with Gasteiger partial charge in [-0.3, -0.25) is 9.52 Å². The number of nitrogens with zero attached hydrogens (tertiary/aromatic N) is 2. The Balaban J connectivity index is 2.80. The third kappa shape index (κ3) is 4.18. The van der Waals surface area contributed by atoms with E-state index < -0.39 is 66.1 Å². The number of carbonyl (C=O) groups is 1. The van der Waals surface area contributed by atoms with Crippen molar-refractivity contribution in [2.45, 2.75) is 16.6 Å². The van der Waals surface area contributed by atoms with E-state index in [0.717, 1.165) is 0 Å². The van der Waals surface area contributed by atoms with Gasteiger partial charge in [-0.15, -0.1) is 0 Å². The molecule has 0 spiro atoms. The lowest BCUT2D eigenvalue weighted by Gasteiger charge is -2.13. The molecule has 1 amide bonds. The van der Waals surface area contributed by atoms with Crippen LogP contribution in [-0.4, -0.2) is 25.4 Å². The number of anilines is 1. The summed E-state index contributed by atoms with van der Waals surface area (Å²) in [6.45, 7) is 0. The van der Waals surface area contributed by atoms with E-state index in [4.69, 9.17) is 28.9 Å². The molecule has 154 valence electrons. The van der Waals surface area contributed by atoms with E-state index in [-0.39, 0.29) is 0 Å². The number of alkyl halides is 6. The van der Waals surface area contributed by atoms with Gasteiger partial charge in [-0.2, -0.15) is 31.4 Å². The summed E-state index contributed by atoms with van der Waals surface area (Å²) in [6.07, 6.45) is -4.82. The fourth-order valence-electron chi connectivity index (χ4n) is 2.02. The number of hydrogen-bond acceptors (Lipinski definition) is 5. The molecule has 0 saturated carbocycles. The second kappa shape index (κ2) is 7.65. The fraction of sp³-hybridized carbons (Fsp3) is 0.167. The van der Waals surface area contributed by atoms with Crippen molar-refractivity contribution < 1.29 is 35.3 Å². The van der Waals surface area contributed by atoms with Gasteiger partial charge in [0, 0.05) is 0 Å². The Morgan fingerprint density at radius 2 is 1.68 bits per heavy atom. The maximum absolute atomic E-state index is 12.9. The van der Waals surface area contributed by atoms with Gasteiger partial charge in [0.05, 0.1) is 15.6 Å². The fourth-order valence-corrected chi connectivity index (χ4v) is 3.59. The molecule has 1 aromatic carbocycles. The molecule has 2 rings (SSSR count). The molecule has 0 aliphatic carbocycles. The first-order valence-corrected chi connectivity index (χ1v) is 8.93.